The van der Waals surface area contributed by atoms with Gasteiger partial charge < -0.3 is 10.6 Å². The fraction of sp³-hybridized carbons (Fsp3) is 0.889. The maximum atomic E-state index is 10.8. The largest absolute Gasteiger partial charge is 0.358 e. The molecule has 1 rings (SSSR count). The molecule has 1 saturated carbocycles. The van der Waals surface area contributed by atoms with Crippen LogP contribution >= 0.6 is 0 Å². The van der Waals surface area contributed by atoms with Crippen molar-refractivity contribution >= 4 is 5.91 Å². The Kier molecular flexibility index (Phi) is 2.73. The molecule has 0 aromatic carbocycles. The minimum Gasteiger partial charge on any atom is -0.358 e. The summed E-state index contributed by atoms with van der Waals surface area (Å²) in [7, 11) is 1.66. The van der Waals surface area contributed by atoms with Crippen molar-refractivity contribution in [3.05, 3.63) is 0 Å². The molecule has 1 amide bonds. The summed E-state index contributed by atoms with van der Waals surface area (Å²) >= 11 is 0. The van der Waals surface area contributed by atoms with Gasteiger partial charge in [0, 0.05) is 7.05 Å². The Morgan fingerprint density at radius 1 is 1.58 bits per heavy atom. The van der Waals surface area contributed by atoms with E-state index in [1.54, 1.807) is 7.05 Å². The Labute approximate surface area is 73.9 Å². The average Bonchev–Trinajstić information content (AvgIpc) is 2.59. The molecule has 1 unspecified atom stereocenters. The predicted octanol–water partition coefficient (Wildman–Crippen LogP) is 0.368. The first-order chi connectivity index (χ1) is 5.56. The Morgan fingerprint density at radius 2 is 2.17 bits per heavy atom. The topological polar surface area (TPSA) is 41.1 Å². The summed E-state index contributed by atoms with van der Waals surface area (Å²) in [6, 6.07) is 0. The van der Waals surface area contributed by atoms with E-state index in [2.05, 4.69) is 24.5 Å². The maximum Gasteiger partial charge on any atom is 0.233 e. The predicted molar refractivity (Wildman–Crippen MR) is 48.8 cm³/mol. The molecule has 1 aliphatic carbocycles. The first-order valence-electron chi connectivity index (χ1n) is 4.47. The van der Waals surface area contributed by atoms with Gasteiger partial charge in [0.2, 0.25) is 5.91 Å². The van der Waals surface area contributed by atoms with Gasteiger partial charge in [0.15, 0.2) is 0 Å². The second-order valence-corrected chi connectivity index (χ2v) is 4.19. The van der Waals surface area contributed by atoms with Crippen LogP contribution in [-0.2, 0) is 4.79 Å². The number of carbonyl (C=O) groups excluding carboxylic acids is 1. The highest BCUT2D eigenvalue weighted by Crippen LogP contribution is 2.50. The molecule has 2 N–H and O–H groups in total. The summed E-state index contributed by atoms with van der Waals surface area (Å²) < 4.78 is 0. The Bertz CT molecular complexity index is 177. The van der Waals surface area contributed by atoms with E-state index in [9.17, 15) is 4.79 Å². The average molecular weight is 170 g/mol. The van der Waals surface area contributed by atoms with E-state index >= 15 is 0 Å². The molecule has 0 radical (unpaired) electrons. The van der Waals surface area contributed by atoms with E-state index in [4.69, 9.17) is 0 Å². The normalized spacial score (nSPS) is 25.1. The third kappa shape index (κ3) is 2.48. The maximum absolute atomic E-state index is 10.8. The van der Waals surface area contributed by atoms with Crippen molar-refractivity contribution in [1.82, 2.24) is 10.6 Å². The second kappa shape index (κ2) is 3.44. The van der Waals surface area contributed by atoms with Crippen molar-refractivity contribution in [2.24, 2.45) is 11.3 Å². The molecule has 0 aromatic rings. The molecule has 0 saturated heterocycles. The summed E-state index contributed by atoms with van der Waals surface area (Å²) in [6.07, 6.45) is 1.29. The number of carbonyl (C=O) groups is 1. The van der Waals surface area contributed by atoms with E-state index in [0.717, 1.165) is 12.5 Å². The summed E-state index contributed by atoms with van der Waals surface area (Å²) in [5.41, 5.74) is 0.510. The summed E-state index contributed by atoms with van der Waals surface area (Å²) in [5, 5.41) is 5.72. The van der Waals surface area contributed by atoms with Crippen molar-refractivity contribution in [3.8, 4) is 0 Å². The van der Waals surface area contributed by atoms with Crippen LogP contribution in [0, 0.1) is 11.3 Å². The number of rotatable bonds is 4. The summed E-state index contributed by atoms with van der Waals surface area (Å²) in [4.78, 5) is 10.8. The van der Waals surface area contributed by atoms with Crippen LogP contribution in [0.1, 0.15) is 20.3 Å². The smallest absolute Gasteiger partial charge is 0.233 e. The number of hydrogen-bond acceptors (Lipinski definition) is 2. The van der Waals surface area contributed by atoms with Gasteiger partial charge in [-0.3, -0.25) is 4.79 Å². The quantitative estimate of drug-likeness (QED) is 0.640. The van der Waals surface area contributed by atoms with Crippen LogP contribution in [0.15, 0.2) is 0 Å². The van der Waals surface area contributed by atoms with Crippen LogP contribution in [0.25, 0.3) is 0 Å². The molecule has 0 heterocycles. The first-order valence-corrected chi connectivity index (χ1v) is 4.47. The molecule has 0 aliphatic heterocycles. The van der Waals surface area contributed by atoms with Gasteiger partial charge in [-0.05, 0) is 24.3 Å². The van der Waals surface area contributed by atoms with Gasteiger partial charge in [0.25, 0.3) is 0 Å². The monoisotopic (exact) mass is 170 g/mol. The third-order valence-corrected chi connectivity index (χ3v) is 2.67. The van der Waals surface area contributed by atoms with Gasteiger partial charge in [-0.2, -0.15) is 0 Å². The van der Waals surface area contributed by atoms with Crippen LogP contribution in [0.5, 0.6) is 0 Å². The van der Waals surface area contributed by atoms with Crippen LogP contribution in [0.2, 0.25) is 0 Å². The van der Waals surface area contributed by atoms with Crippen LogP contribution in [-0.4, -0.2) is 26.0 Å². The molecule has 0 aromatic heterocycles. The Balaban J connectivity index is 2.01. The van der Waals surface area contributed by atoms with E-state index < -0.39 is 0 Å². The highest BCUT2D eigenvalue weighted by molar-refractivity contribution is 5.77. The number of hydrogen-bond donors (Lipinski definition) is 2. The molecule has 70 valence electrons. The van der Waals surface area contributed by atoms with Crippen molar-refractivity contribution in [2.75, 3.05) is 20.1 Å². The van der Waals surface area contributed by atoms with E-state index in [1.165, 1.54) is 6.42 Å². The third-order valence-electron chi connectivity index (χ3n) is 2.67. The van der Waals surface area contributed by atoms with Gasteiger partial charge in [0.1, 0.15) is 0 Å². The van der Waals surface area contributed by atoms with Crippen molar-refractivity contribution in [3.63, 3.8) is 0 Å². The second-order valence-electron chi connectivity index (χ2n) is 4.19. The van der Waals surface area contributed by atoms with Gasteiger partial charge in [0.05, 0.1) is 6.54 Å². The minimum atomic E-state index is 0.0634. The van der Waals surface area contributed by atoms with Crippen LogP contribution in [0.4, 0.5) is 0 Å². The molecular formula is C9H18N2O. The molecule has 0 bridgehead atoms. The zero-order valence-electron chi connectivity index (χ0n) is 8.11. The van der Waals surface area contributed by atoms with Crippen molar-refractivity contribution in [1.29, 1.82) is 0 Å². The van der Waals surface area contributed by atoms with Gasteiger partial charge in [-0.15, -0.1) is 0 Å². The molecule has 3 heteroatoms. The molecule has 1 atom stereocenters. The van der Waals surface area contributed by atoms with Crippen molar-refractivity contribution in [2.45, 2.75) is 20.3 Å². The van der Waals surface area contributed by atoms with Gasteiger partial charge in [-0.1, -0.05) is 13.8 Å². The lowest BCUT2D eigenvalue weighted by Crippen LogP contribution is -2.32. The van der Waals surface area contributed by atoms with Gasteiger partial charge >= 0.3 is 0 Å². The van der Waals surface area contributed by atoms with E-state index in [-0.39, 0.29) is 5.91 Å². The number of amides is 1. The SMILES string of the molecule is CNC(=O)CNCC1CC1(C)C. The van der Waals surface area contributed by atoms with E-state index in [1.807, 2.05) is 0 Å². The summed E-state index contributed by atoms with van der Waals surface area (Å²) in [6.45, 7) is 5.95. The van der Waals surface area contributed by atoms with Crippen LogP contribution in [0.3, 0.4) is 0 Å². The molecule has 0 spiro atoms. The summed E-state index contributed by atoms with van der Waals surface area (Å²) in [5.74, 6) is 0.829. The molecule has 1 fully saturated rings. The zero-order valence-corrected chi connectivity index (χ0v) is 8.11. The Hall–Kier alpha value is -0.570. The lowest BCUT2D eigenvalue weighted by molar-refractivity contribution is -0.119. The molecule has 12 heavy (non-hydrogen) atoms. The highest BCUT2D eigenvalue weighted by Gasteiger charge is 2.44. The Morgan fingerprint density at radius 3 is 2.58 bits per heavy atom. The van der Waals surface area contributed by atoms with Crippen LogP contribution < -0.4 is 10.6 Å². The standard InChI is InChI=1S/C9H18N2O/c1-9(2)4-7(9)5-11-6-8(12)10-3/h7,11H,4-6H2,1-3H3,(H,10,12). The lowest BCUT2D eigenvalue weighted by atomic mass is 10.1. The van der Waals surface area contributed by atoms with Gasteiger partial charge in [-0.25, -0.2) is 0 Å². The molecule has 1 aliphatic rings. The molecule has 3 nitrogen and oxygen atoms in total. The van der Waals surface area contributed by atoms with E-state index in [0.29, 0.717) is 12.0 Å². The molecular weight excluding hydrogens is 152 g/mol. The minimum absolute atomic E-state index is 0.0634. The first kappa shape index (κ1) is 9.52. The zero-order chi connectivity index (χ0) is 9.19. The highest BCUT2D eigenvalue weighted by atomic mass is 16.1. The number of likely N-dealkylation sites (N-methyl/N-ethyl adjacent to an activating group) is 1. The lowest BCUT2D eigenvalue weighted by Gasteiger charge is -2.04. The fourth-order valence-electron chi connectivity index (χ4n) is 1.37. The fourth-order valence-corrected chi connectivity index (χ4v) is 1.37. The number of nitrogens with one attached hydrogen (secondary N) is 2. The van der Waals surface area contributed by atoms with Crippen molar-refractivity contribution < 1.29 is 4.79 Å².